The number of carbonyl (C=O) groups excluding carboxylic acids is 3. The zero-order valence-corrected chi connectivity index (χ0v) is 16.9. The normalized spacial score (nSPS) is 29.1. The average molecular weight is 384 g/mol. The SMILES string of the molecule is CCC1(CCSC(C)=O)C(=O)N2CCCC(C(=O)O)(C(C)(C)C)N2C1=O. The van der Waals surface area contributed by atoms with Gasteiger partial charge >= 0.3 is 5.97 Å². The molecule has 146 valence electrons. The predicted octanol–water partition coefficient (Wildman–Crippen LogP) is 2.30. The van der Waals surface area contributed by atoms with Gasteiger partial charge in [-0.1, -0.05) is 39.5 Å². The fourth-order valence-corrected chi connectivity index (χ4v) is 4.92. The number of hydrogen-bond donors (Lipinski definition) is 1. The van der Waals surface area contributed by atoms with Crippen LogP contribution >= 0.6 is 11.8 Å². The van der Waals surface area contributed by atoms with Crippen molar-refractivity contribution in [3.05, 3.63) is 0 Å². The summed E-state index contributed by atoms with van der Waals surface area (Å²) in [6, 6.07) is 0. The third kappa shape index (κ3) is 2.82. The molecule has 8 heteroatoms. The van der Waals surface area contributed by atoms with Crippen LogP contribution in [0, 0.1) is 10.8 Å². The number of thioether (sulfide) groups is 1. The molecule has 0 saturated carbocycles. The topological polar surface area (TPSA) is 95.0 Å². The molecule has 2 heterocycles. The summed E-state index contributed by atoms with van der Waals surface area (Å²) < 4.78 is 0. The first-order valence-electron chi connectivity index (χ1n) is 8.99. The highest BCUT2D eigenvalue weighted by Gasteiger charge is 2.68. The van der Waals surface area contributed by atoms with Gasteiger partial charge in [0.25, 0.3) is 11.8 Å². The standard InChI is InChI=1S/C18H28N2O5S/c1-6-17(9-11-26-12(2)21)13(22)19-10-7-8-18(15(24)25,16(3,4)5)20(19)14(17)23/h6-11H2,1-5H3,(H,24,25). The molecule has 2 aliphatic heterocycles. The van der Waals surface area contributed by atoms with Crippen molar-refractivity contribution in [2.24, 2.45) is 10.8 Å². The van der Waals surface area contributed by atoms with Crippen LogP contribution in [0.1, 0.15) is 60.3 Å². The number of carboxylic acid groups (broad SMARTS) is 1. The van der Waals surface area contributed by atoms with Crippen molar-refractivity contribution in [2.75, 3.05) is 12.3 Å². The lowest BCUT2D eigenvalue weighted by molar-refractivity contribution is -0.199. The molecule has 0 radical (unpaired) electrons. The van der Waals surface area contributed by atoms with Gasteiger partial charge in [-0.05, 0) is 31.1 Å². The third-order valence-corrected chi connectivity index (χ3v) is 6.60. The molecule has 2 atom stereocenters. The Morgan fingerprint density at radius 1 is 1.23 bits per heavy atom. The van der Waals surface area contributed by atoms with Crippen LogP contribution in [-0.4, -0.2) is 55.9 Å². The number of carbonyl (C=O) groups is 4. The molecule has 2 rings (SSSR count). The number of fused-ring (bicyclic) bond motifs is 1. The summed E-state index contributed by atoms with van der Waals surface area (Å²) in [6.45, 7) is 8.94. The van der Waals surface area contributed by atoms with E-state index in [1.165, 1.54) is 16.9 Å². The Morgan fingerprint density at radius 2 is 1.85 bits per heavy atom. The van der Waals surface area contributed by atoms with Gasteiger partial charge in [-0.3, -0.25) is 14.4 Å². The van der Waals surface area contributed by atoms with Crippen molar-refractivity contribution in [1.29, 1.82) is 0 Å². The number of hydrogen-bond acceptors (Lipinski definition) is 5. The zero-order valence-electron chi connectivity index (χ0n) is 16.1. The molecule has 0 aromatic heterocycles. The van der Waals surface area contributed by atoms with Gasteiger partial charge in [-0.15, -0.1) is 0 Å². The molecule has 2 saturated heterocycles. The van der Waals surface area contributed by atoms with Crippen molar-refractivity contribution in [3.63, 3.8) is 0 Å². The molecule has 26 heavy (non-hydrogen) atoms. The van der Waals surface area contributed by atoms with E-state index in [1.54, 1.807) is 27.7 Å². The maximum Gasteiger partial charge on any atom is 0.332 e. The van der Waals surface area contributed by atoms with Gasteiger partial charge < -0.3 is 5.11 Å². The molecule has 0 spiro atoms. The molecule has 0 aromatic rings. The van der Waals surface area contributed by atoms with Gasteiger partial charge in [0.2, 0.25) is 0 Å². The fourth-order valence-electron chi connectivity index (χ4n) is 4.19. The van der Waals surface area contributed by atoms with Crippen LogP contribution in [0.3, 0.4) is 0 Å². The van der Waals surface area contributed by atoms with Crippen LogP contribution in [-0.2, 0) is 19.2 Å². The molecule has 2 unspecified atom stereocenters. The summed E-state index contributed by atoms with van der Waals surface area (Å²) >= 11 is 1.08. The quantitative estimate of drug-likeness (QED) is 0.731. The lowest BCUT2D eigenvalue weighted by Crippen LogP contribution is -2.69. The Kier molecular flexibility index (Phi) is 5.48. The van der Waals surface area contributed by atoms with E-state index in [4.69, 9.17) is 0 Å². The van der Waals surface area contributed by atoms with E-state index in [0.29, 0.717) is 25.1 Å². The molecule has 0 aliphatic carbocycles. The first-order chi connectivity index (χ1) is 12.0. The Morgan fingerprint density at radius 3 is 2.31 bits per heavy atom. The molecule has 0 aromatic carbocycles. The summed E-state index contributed by atoms with van der Waals surface area (Å²) in [4.78, 5) is 50.2. The zero-order chi connectivity index (χ0) is 19.9. The third-order valence-electron chi connectivity index (χ3n) is 5.79. The van der Waals surface area contributed by atoms with E-state index in [2.05, 4.69) is 0 Å². The van der Waals surface area contributed by atoms with Crippen LogP contribution in [0.25, 0.3) is 0 Å². The van der Waals surface area contributed by atoms with Crippen LogP contribution in [0.5, 0.6) is 0 Å². The highest BCUT2D eigenvalue weighted by atomic mass is 32.2. The molecule has 7 nitrogen and oxygen atoms in total. The van der Waals surface area contributed by atoms with Crippen LogP contribution in [0.2, 0.25) is 0 Å². The number of hydrazine groups is 1. The van der Waals surface area contributed by atoms with Crippen molar-refractivity contribution in [2.45, 2.75) is 65.8 Å². The second-order valence-electron chi connectivity index (χ2n) is 8.09. The second-order valence-corrected chi connectivity index (χ2v) is 9.36. The van der Waals surface area contributed by atoms with Crippen molar-refractivity contribution in [1.82, 2.24) is 10.0 Å². The summed E-state index contributed by atoms with van der Waals surface area (Å²) in [5, 5.41) is 12.6. The van der Waals surface area contributed by atoms with Crippen LogP contribution in [0.4, 0.5) is 0 Å². The molecule has 2 amide bonds. The van der Waals surface area contributed by atoms with Gasteiger partial charge in [0.15, 0.2) is 10.7 Å². The largest absolute Gasteiger partial charge is 0.479 e. The summed E-state index contributed by atoms with van der Waals surface area (Å²) in [5.74, 6) is -1.49. The minimum Gasteiger partial charge on any atom is -0.479 e. The van der Waals surface area contributed by atoms with E-state index in [1.807, 2.05) is 0 Å². The van der Waals surface area contributed by atoms with E-state index in [9.17, 15) is 24.3 Å². The number of carboxylic acids is 1. The van der Waals surface area contributed by atoms with E-state index in [-0.39, 0.29) is 23.9 Å². The Balaban J connectivity index is 2.51. The van der Waals surface area contributed by atoms with Gasteiger partial charge in [-0.2, -0.15) is 0 Å². The summed E-state index contributed by atoms with van der Waals surface area (Å²) in [6.07, 6.45) is 1.36. The number of aliphatic carboxylic acids is 1. The smallest absolute Gasteiger partial charge is 0.332 e. The minimum atomic E-state index is -1.46. The maximum atomic E-state index is 13.5. The first kappa shape index (κ1) is 20.7. The van der Waals surface area contributed by atoms with Crippen molar-refractivity contribution in [3.8, 4) is 0 Å². The van der Waals surface area contributed by atoms with E-state index < -0.39 is 28.2 Å². The average Bonchev–Trinajstić information content (AvgIpc) is 2.75. The van der Waals surface area contributed by atoms with Crippen LogP contribution < -0.4 is 0 Å². The Labute approximate surface area is 158 Å². The van der Waals surface area contributed by atoms with E-state index in [0.717, 1.165) is 11.8 Å². The molecule has 1 N–H and O–H groups in total. The van der Waals surface area contributed by atoms with Gasteiger partial charge in [0, 0.05) is 19.2 Å². The molecule has 2 fully saturated rings. The molecule has 0 bridgehead atoms. The monoisotopic (exact) mass is 384 g/mol. The van der Waals surface area contributed by atoms with Gasteiger partial charge in [0.1, 0.15) is 5.41 Å². The number of amides is 2. The maximum absolute atomic E-state index is 13.5. The van der Waals surface area contributed by atoms with Gasteiger partial charge in [-0.25, -0.2) is 14.8 Å². The Bertz CT molecular complexity index is 644. The molecule has 2 aliphatic rings. The number of nitrogens with zero attached hydrogens (tertiary/aromatic N) is 2. The second kappa shape index (κ2) is 6.87. The predicted molar refractivity (Wildman–Crippen MR) is 98.1 cm³/mol. The van der Waals surface area contributed by atoms with Crippen LogP contribution in [0.15, 0.2) is 0 Å². The number of rotatable bonds is 5. The molecular weight excluding hydrogens is 356 g/mol. The lowest BCUT2D eigenvalue weighted by atomic mass is 9.69. The van der Waals surface area contributed by atoms with Crippen molar-refractivity contribution < 1.29 is 24.3 Å². The molecular formula is C18H28N2O5S. The minimum absolute atomic E-state index is 0.0678. The van der Waals surface area contributed by atoms with E-state index >= 15 is 0 Å². The fraction of sp³-hybridized carbons (Fsp3) is 0.778. The lowest BCUT2D eigenvalue weighted by Gasteiger charge is -2.52. The van der Waals surface area contributed by atoms with Crippen molar-refractivity contribution >= 4 is 34.7 Å². The highest BCUT2D eigenvalue weighted by molar-refractivity contribution is 8.13. The summed E-state index contributed by atoms with van der Waals surface area (Å²) in [5.41, 5.74) is -3.48. The Hall–Kier alpha value is -1.57. The highest BCUT2D eigenvalue weighted by Crippen LogP contribution is 2.51. The first-order valence-corrected chi connectivity index (χ1v) is 9.97. The van der Waals surface area contributed by atoms with Gasteiger partial charge in [0.05, 0.1) is 0 Å². The summed E-state index contributed by atoms with van der Waals surface area (Å²) in [7, 11) is 0.